The predicted octanol–water partition coefficient (Wildman–Crippen LogP) is -0.938. The lowest BCUT2D eigenvalue weighted by atomic mass is 10.1. The Morgan fingerprint density at radius 2 is 1.46 bits per heavy atom. The predicted molar refractivity (Wildman–Crippen MR) is 74.2 cm³/mol. The topological polar surface area (TPSA) is 135 Å². The minimum absolute atomic E-state index is 0.392. The van der Waals surface area contributed by atoms with Crippen LogP contribution < -0.4 is 0 Å². The van der Waals surface area contributed by atoms with Gasteiger partial charge in [0.1, 0.15) is 12.7 Å². The Morgan fingerprint density at radius 1 is 0.917 bits per heavy atom. The van der Waals surface area contributed by atoms with Gasteiger partial charge in [-0.1, -0.05) is 0 Å². The molecule has 136 valence electrons. The number of hydrogen-bond donors (Lipinski definition) is 1. The number of hydrogen-bond acceptors (Lipinski definition) is 10. The lowest BCUT2D eigenvalue weighted by Gasteiger charge is -2.27. The quantitative estimate of drug-likeness (QED) is 0.473. The zero-order chi connectivity index (χ0) is 18.4. The van der Waals surface area contributed by atoms with E-state index in [1.807, 2.05) is 0 Å². The molecule has 1 rings (SSSR count). The molecule has 0 aromatic rings. The van der Waals surface area contributed by atoms with Crippen molar-refractivity contribution in [3.8, 4) is 0 Å². The lowest BCUT2D eigenvalue weighted by Crippen LogP contribution is -2.46. The summed E-state index contributed by atoms with van der Waals surface area (Å²) in [5.41, 5.74) is 0. The molecule has 0 saturated carbocycles. The molecule has 10 nitrogen and oxygen atoms in total. The van der Waals surface area contributed by atoms with E-state index < -0.39 is 61.2 Å². The third kappa shape index (κ3) is 5.78. The average molecular weight is 348 g/mol. The van der Waals surface area contributed by atoms with Crippen molar-refractivity contribution in [2.75, 3.05) is 6.61 Å². The highest BCUT2D eigenvalue weighted by Crippen LogP contribution is 2.29. The fourth-order valence-corrected chi connectivity index (χ4v) is 2.22. The molecular formula is C14H20O10. The zero-order valence-corrected chi connectivity index (χ0v) is 13.7. The van der Waals surface area contributed by atoms with E-state index in [9.17, 15) is 24.3 Å². The largest absolute Gasteiger partial charge is 0.462 e. The number of aliphatic hydroxyl groups is 1. The third-order valence-electron chi connectivity index (χ3n) is 2.96. The van der Waals surface area contributed by atoms with E-state index in [-0.39, 0.29) is 0 Å². The molecule has 0 unspecified atom stereocenters. The molecule has 0 amide bonds. The van der Waals surface area contributed by atoms with Crippen molar-refractivity contribution < 1.29 is 48.0 Å². The Kier molecular flexibility index (Phi) is 7.11. The highest BCUT2D eigenvalue weighted by atomic mass is 16.7. The van der Waals surface area contributed by atoms with Crippen molar-refractivity contribution in [1.82, 2.24) is 0 Å². The molecule has 0 spiro atoms. The van der Waals surface area contributed by atoms with E-state index >= 15 is 0 Å². The van der Waals surface area contributed by atoms with Gasteiger partial charge in [0.25, 0.3) is 0 Å². The summed E-state index contributed by atoms with van der Waals surface area (Å²) >= 11 is 0. The van der Waals surface area contributed by atoms with Crippen LogP contribution in [0.4, 0.5) is 0 Å². The molecule has 24 heavy (non-hydrogen) atoms. The van der Waals surface area contributed by atoms with Gasteiger partial charge < -0.3 is 28.8 Å². The van der Waals surface area contributed by atoms with Gasteiger partial charge in [0.2, 0.25) is 0 Å². The molecule has 1 heterocycles. The van der Waals surface area contributed by atoms with Crippen LogP contribution in [0.15, 0.2) is 0 Å². The number of carbonyl (C=O) groups excluding carboxylic acids is 4. The summed E-state index contributed by atoms with van der Waals surface area (Å²) in [7, 11) is 0. The van der Waals surface area contributed by atoms with Gasteiger partial charge in [0, 0.05) is 27.7 Å². The zero-order valence-electron chi connectivity index (χ0n) is 13.7. The summed E-state index contributed by atoms with van der Waals surface area (Å²) in [4.78, 5) is 44.7. The number of esters is 4. The smallest absolute Gasteiger partial charge is 0.303 e. The van der Waals surface area contributed by atoms with Crippen LogP contribution in [-0.2, 0) is 42.9 Å². The normalized spacial score (nSPS) is 27.0. The van der Waals surface area contributed by atoms with Crippen LogP contribution in [0.3, 0.4) is 0 Å². The molecule has 1 N–H and O–H groups in total. The number of rotatable bonds is 6. The summed E-state index contributed by atoms with van der Waals surface area (Å²) < 4.78 is 25.0. The number of ether oxygens (including phenoxy) is 5. The second-order valence-corrected chi connectivity index (χ2v) is 5.09. The van der Waals surface area contributed by atoms with E-state index in [0.717, 1.165) is 27.7 Å². The van der Waals surface area contributed by atoms with Crippen molar-refractivity contribution in [2.24, 2.45) is 0 Å². The van der Waals surface area contributed by atoms with Crippen LogP contribution in [0, 0.1) is 0 Å². The second kappa shape index (κ2) is 8.60. The number of aliphatic hydroxyl groups excluding tert-OH is 1. The SMILES string of the molecule is CC(=O)OC[C@H](OC(C)=O)[C@H]1O[C@H](O)[C@H](OC(C)=O)[C@H]1OC(C)=O. The molecule has 0 bridgehead atoms. The second-order valence-electron chi connectivity index (χ2n) is 5.09. The molecule has 1 fully saturated rings. The average Bonchev–Trinajstić information content (AvgIpc) is 2.70. The maximum absolute atomic E-state index is 11.3. The van der Waals surface area contributed by atoms with E-state index in [0.29, 0.717) is 0 Å². The van der Waals surface area contributed by atoms with Crippen LogP contribution in [0.5, 0.6) is 0 Å². The Balaban J connectivity index is 3.03. The van der Waals surface area contributed by atoms with Gasteiger partial charge in [-0.25, -0.2) is 0 Å². The fraction of sp³-hybridized carbons (Fsp3) is 0.714. The summed E-state index contributed by atoms with van der Waals surface area (Å²) in [5.74, 6) is -2.80. The fourth-order valence-electron chi connectivity index (χ4n) is 2.22. The number of carbonyl (C=O) groups is 4. The molecule has 1 aliphatic heterocycles. The van der Waals surface area contributed by atoms with E-state index in [1.54, 1.807) is 0 Å². The summed E-state index contributed by atoms with van der Waals surface area (Å²) in [6.07, 6.45) is -6.55. The maximum Gasteiger partial charge on any atom is 0.303 e. The monoisotopic (exact) mass is 348 g/mol. The van der Waals surface area contributed by atoms with Crippen LogP contribution in [0.25, 0.3) is 0 Å². The minimum atomic E-state index is -1.61. The maximum atomic E-state index is 11.3. The lowest BCUT2D eigenvalue weighted by molar-refractivity contribution is -0.184. The molecule has 1 aliphatic rings. The van der Waals surface area contributed by atoms with Gasteiger partial charge >= 0.3 is 23.9 Å². The minimum Gasteiger partial charge on any atom is -0.462 e. The Hall–Kier alpha value is -2.20. The Bertz CT molecular complexity index is 502. The first kappa shape index (κ1) is 19.8. The van der Waals surface area contributed by atoms with Gasteiger partial charge in [-0.3, -0.25) is 19.2 Å². The van der Waals surface area contributed by atoms with Gasteiger partial charge in [-0.2, -0.15) is 0 Å². The van der Waals surface area contributed by atoms with Crippen molar-refractivity contribution in [3.63, 3.8) is 0 Å². The van der Waals surface area contributed by atoms with Crippen LogP contribution in [0.1, 0.15) is 27.7 Å². The first-order valence-corrected chi connectivity index (χ1v) is 7.10. The summed E-state index contributed by atoms with van der Waals surface area (Å²) in [6.45, 7) is 4.10. The highest BCUT2D eigenvalue weighted by Gasteiger charge is 2.52. The van der Waals surface area contributed by atoms with Gasteiger partial charge in [-0.15, -0.1) is 0 Å². The van der Waals surface area contributed by atoms with Crippen LogP contribution in [0.2, 0.25) is 0 Å². The molecular weight excluding hydrogens is 328 g/mol. The van der Waals surface area contributed by atoms with Gasteiger partial charge in [0.05, 0.1) is 0 Å². The first-order chi connectivity index (χ1) is 11.1. The Labute approximate surface area is 137 Å². The molecule has 5 atom stereocenters. The summed E-state index contributed by atoms with van der Waals surface area (Å²) in [6, 6.07) is 0. The van der Waals surface area contributed by atoms with Crippen molar-refractivity contribution in [3.05, 3.63) is 0 Å². The standard InChI is InChI=1S/C14H20O10/c1-6(15)20-5-10(21-7(2)16)11-12(22-8(3)17)13(14(19)24-11)23-9(4)18/h10-14,19H,5H2,1-4H3/t10-,11+,12-,13+,14-/m0/s1. The van der Waals surface area contributed by atoms with Crippen LogP contribution in [-0.4, -0.2) is 66.3 Å². The highest BCUT2D eigenvalue weighted by molar-refractivity contribution is 5.68. The molecule has 0 aromatic carbocycles. The molecule has 0 aromatic heterocycles. The van der Waals surface area contributed by atoms with Crippen molar-refractivity contribution in [2.45, 2.75) is 58.4 Å². The van der Waals surface area contributed by atoms with E-state index in [2.05, 4.69) is 0 Å². The van der Waals surface area contributed by atoms with E-state index in [1.165, 1.54) is 0 Å². The van der Waals surface area contributed by atoms with Crippen molar-refractivity contribution >= 4 is 23.9 Å². The molecule has 1 saturated heterocycles. The van der Waals surface area contributed by atoms with Crippen molar-refractivity contribution in [1.29, 1.82) is 0 Å². The van der Waals surface area contributed by atoms with Gasteiger partial charge in [0.15, 0.2) is 24.6 Å². The Morgan fingerprint density at radius 3 is 1.92 bits per heavy atom. The first-order valence-electron chi connectivity index (χ1n) is 7.10. The van der Waals surface area contributed by atoms with Crippen LogP contribution >= 0.6 is 0 Å². The van der Waals surface area contributed by atoms with Gasteiger partial charge in [-0.05, 0) is 0 Å². The molecule has 0 radical (unpaired) electrons. The molecule has 10 heteroatoms. The van der Waals surface area contributed by atoms with E-state index in [4.69, 9.17) is 23.7 Å². The third-order valence-corrected chi connectivity index (χ3v) is 2.96. The molecule has 0 aliphatic carbocycles. The summed E-state index contributed by atoms with van der Waals surface area (Å²) in [5, 5.41) is 9.91.